The van der Waals surface area contributed by atoms with Crippen molar-refractivity contribution in [3.63, 3.8) is 0 Å². The lowest BCUT2D eigenvalue weighted by Gasteiger charge is -2.34. The van der Waals surface area contributed by atoms with Crippen LogP contribution < -0.4 is 15.9 Å². The van der Waals surface area contributed by atoms with Crippen LogP contribution in [0.25, 0.3) is 11.0 Å². The molecule has 3 heterocycles. The van der Waals surface area contributed by atoms with Crippen molar-refractivity contribution in [3.8, 4) is 0 Å². The molecule has 2 aromatic rings. The van der Waals surface area contributed by atoms with Crippen LogP contribution in [-0.4, -0.2) is 58.4 Å². The summed E-state index contributed by atoms with van der Waals surface area (Å²) in [6.07, 6.45) is 1.40. The summed E-state index contributed by atoms with van der Waals surface area (Å²) in [6.45, 7) is 2.79. The van der Waals surface area contributed by atoms with Crippen LogP contribution in [0.4, 0.5) is 5.69 Å². The Labute approximate surface area is 155 Å². The normalized spacial score (nSPS) is 20.9. The molecule has 27 heavy (non-hydrogen) atoms. The zero-order chi connectivity index (χ0) is 19.1. The molecule has 0 spiro atoms. The number of hydrogen-bond donors (Lipinski definition) is 1. The quantitative estimate of drug-likeness (QED) is 0.585. The third kappa shape index (κ3) is 2.88. The summed E-state index contributed by atoms with van der Waals surface area (Å²) in [5, 5.41) is 2.31. The van der Waals surface area contributed by atoms with Crippen LogP contribution in [0.2, 0.25) is 0 Å². The molecule has 9 heteroatoms. The zero-order valence-corrected chi connectivity index (χ0v) is 15.1. The largest absolute Gasteiger partial charge is 0.368 e. The number of aryl methyl sites for hydroxylation is 1. The smallest absolute Gasteiger partial charge is 0.329 e. The molecule has 0 aliphatic carbocycles. The average molecular weight is 371 g/mol. The van der Waals surface area contributed by atoms with Crippen molar-refractivity contribution in [3.05, 3.63) is 28.7 Å². The summed E-state index contributed by atoms with van der Waals surface area (Å²) in [5.41, 5.74) is 2.11. The van der Waals surface area contributed by atoms with Crippen molar-refractivity contribution in [2.45, 2.75) is 18.9 Å². The lowest BCUT2D eigenvalue weighted by Crippen LogP contribution is -2.45. The molecule has 142 valence electrons. The maximum absolute atomic E-state index is 12.8. The summed E-state index contributed by atoms with van der Waals surface area (Å²) in [5.74, 6) is -0.740. The van der Waals surface area contributed by atoms with E-state index in [9.17, 15) is 19.2 Å². The zero-order valence-electron chi connectivity index (χ0n) is 15.1. The minimum atomic E-state index is -0.680. The van der Waals surface area contributed by atoms with E-state index in [0.29, 0.717) is 25.0 Å². The topological polar surface area (TPSA) is 96.6 Å². The molecule has 3 amide bonds. The Hall–Kier alpha value is -3.10. The second-order valence-corrected chi connectivity index (χ2v) is 6.98. The van der Waals surface area contributed by atoms with Crippen LogP contribution in [-0.2, 0) is 21.4 Å². The number of hydrogen-bond acceptors (Lipinski definition) is 5. The summed E-state index contributed by atoms with van der Waals surface area (Å²) < 4.78 is 3.01. The van der Waals surface area contributed by atoms with Crippen molar-refractivity contribution < 1.29 is 14.4 Å². The highest BCUT2D eigenvalue weighted by Crippen LogP contribution is 2.26. The van der Waals surface area contributed by atoms with Gasteiger partial charge in [0.25, 0.3) is 0 Å². The van der Waals surface area contributed by atoms with E-state index in [2.05, 4.69) is 10.2 Å². The van der Waals surface area contributed by atoms with E-state index in [4.69, 9.17) is 0 Å². The van der Waals surface area contributed by atoms with Gasteiger partial charge < -0.3 is 9.80 Å². The molecule has 2 fully saturated rings. The highest BCUT2D eigenvalue weighted by Gasteiger charge is 2.31. The van der Waals surface area contributed by atoms with Crippen LogP contribution in [0, 0.1) is 0 Å². The summed E-state index contributed by atoms with van der Waals surface area (Å²) in [6, 6.07) is 5.04. The number of fused-ring (bicyclic) bond motifs is 1. The number of rotatable bonds is 3. The summed E-state index contributed by atoms with van der Waals surface area (Å²) >= 11 is 0. The Morgan fingerprint density at radius 1 is 1.07 bits per heavy atom. The van der Waals surface area contributed by atoms with Crippen LogP contribution in [0.5, 0.6) is 0 Å². The van der Waals surface area contributed by atoms with Gasteiger partial charge in [0.15, 0.2) is 0 Å². The van der Waals surface area contributed by atoms with Crippen molar-refractivity contribution in [1.29, 1.82) is 0 Å². The molecule has 1 atom stereocenters. The van der Waals surface area contributed by atoms with Crippen LogP contribution in [0.15, 0.2) is 23.0 Å². The Balaban J connectivity index is 1.71. The van der Waals surface area contributed by atoms with Gasteiger partial charge in [-0.05, 0) is 24.6 Å². The molecular formula is C18H21N5O4. The summed E-state index contributed by atoms with van der Waals surface area (Å²) in [4.78, 5) is 51.2. The number of imidazole rings is 1. The van der Waals surface area contributed by atoms with Gasteiger partial charge in [-0.25, -0.2) is 4.79 Å². The number of carbonyl (C=O) groups excluding carboxylic acids is 3. The average Bonchev–Trinajstić information content (AvgIpc) is 2.92. The Bertz CT molecular complexity index is 984. The lowest BCUT2D eigenvalue weighted by molar-refractivity contribution is -0.135. The number of nitrogens with one attached hydrogen (secondary N) is 1. The number of nitrogens with zero attached hydrogens (tertiary/aromatic N) is 4. The third-order valence-corrected chi connectivity index (χ3v) is 5.42. The van der Waals surface area contributed by atoms with Crippen molar-refractivity contribution in [2.75, 3.05) is 31.1 Å². The molecule has 2 aliphatic rings. The predicted octanol–water partition coefficient (Wildman–Crippen LogP) is -0.404. The maximum Gasteiger partial charge on any atom is 0.329 e. The van der Waals surface area contributed by atoms with Gasteiger partial charge in [-0.2, -0.15) is 0 Å². The number of imide groups is 1. The molecule has 2 aliphatic heterocycles. The fraction of sp³-hybridized carbons (Fsp3) is 0.444. The fourth-order valence-corrected chi connectivity index (χ4v) is 3.86. The van der Waals surface area contributed by atoms with E-state index < -0.39 is 11.9 Å². The molecule has 0 radical (unpaired) electrons. The van der Waals surface area contributed by atoms with E-state index in [1.54, 1.807) is 11.9 Å². The Morgan fingerprint density at radius 3 is 2.48 bits per heavy atom. The molecule has 2 saturated heterocycles. The third-order valence-electron chi connectivity index (χ3n) is 5.42. The van der Waals surface area contributed by atoms with Gasteiger partial charge in [-0.15, -0.1) is 0 Å². The van der Waals surface area contributed by atoms with Gasteiger partial charge in [0, 0.05) is 45.3 Å². The molecule has 0 bridgehead atoms. The highest BCUT2D eigenvalue weighted by molar-refractivity contribution is 6.00. The molecule has 9 nitrogen and oxygen atoms in total. The lowest BCUT2D eigenvalue weighted by atomic mass is 10.1. The van der Waals surface area contributed by atoms with Gasteiger partial charge in [-0.1, -0.05) is 0 Å². The van der Waals surface area contributed by atoms with Crippen molar-refractivity contribution in [1.82, 2.24) is 19.4 Å². The first kappa shape index (κ1) is 17.3. The number of benzene rings is 1. The first-order valence-corrected chi connectivity index (χ1v) is 8.98. The second kappa shape index (κ2) is 6.57. The van der Waals surface area contributed by atoms with Gasteiger partial charge in [0.1, 0.15) is 6.04 Å². The molecule has 1 N–H and O–H groups in total. The highest BCUT2D eigenvalue weighted by atomic mass is 16.2. The first-order valence-electron chi connectivity index (χ1n) is 8.98. The fourth-order valence-electron chi connectivity index (χ4n) is 3.86. The first-order chi connectivity index (χ1) is 13.0. The molecule has 1 aromatic heterocycles. The van der Waals surface area contributed by atoms with E-state index in [1.165, 1.54) is 9.13 Å². The number of piperazine rings is 1. The van der Waals surface area contributed by atoms with E-state index >= 15 is 0 Å². The minimum Gasteiger partial charge on any atom is -0.368 e. The number of aromatic nitrogens is 2. The van der Waals surface area contributed by atoms with Crippen molar-refractivity contribution in [2.24, 2.45) is 7.05 Å². The Morgan fingerprint density at radius 2 is 1.81 bits per heavy atom. The standard InChI is InChI=1S/C18H21N5O4/c1-20-15-10-12(22-8-6-21(11-24)7-9-22)2-3-13(15)23(18(20)27)14-4-5-16(25)19-17(14)26/h2-3,10-11,14H,4-9H2,1H3,(H,19,25,26). The van der Waals surface area contributed by atoms with Gasteiger partial charge in [0.05, 0.1) is 11.0 Å². The predicted molar refractivity (Wildman–Crippen MR) is 98.4 cm³/mol. The van der Waals surface area contributed by atoms with E-state index in [0.717, 1.165) is 30.7 Å². The summed E-state index contributed by atoms with van der Waals surface area (Å²) in [7, 11) is 1.68. The number of carbonyl (C=O) groups is 3. The molecule has 1 unspecified atom stereocenters. The molecule has 1 aromatic carbocycles. The SMILES string of the molecule is Cn1c(=O)n(C2CCC(=O)NC2=O)c2ccc(N3CCN(C=O)CC3)cc21. The number of amides is 3. The van der Waals surface area contributed by atoms with Crippen LogP contribution in [0.3, 0.4) is 0 Å². The number of anilines is 1. The molecular weight excluding hydrogens is 350 g/mol. The van der Waals surface area contributed by atoms with Gasteiger partial charge in [-0.3, -0.25) is 28.8 Å². The molecule has 0 saturated carbocycles. The van der Waals surface area contributed by atoms with E-state index in [-0.39, 0.29) is 18.0 Å². The van der Waals surface area contributed by atoms with Crippen LogP contribution in [0.1, 0.15) is 18.9 Å². The second-order valence-electron chi connectivity index (χ2n) is 6.98. The number of piperidine rings is 1. The van der Waals surface area contributed by atoms with Crippen molar-refractivity contribution >= 4 is 34.9 Å². The monoisotopic (exact) mass is 371 g/mol. The van der Waals surface area contributed by atoms with Gasteiger partial charge in [0.2, 0.25) is 18.2 Å². The van der Waals surface area contributed by atoms with Crippen LogP contribution >= 0.6 is 0 Å². The molecule has 4 rings (SSSR count). The maximum atomic E-state index is 12.8. The van der Waals surface area contributed by atoms with E-state index in [1.807, 2.05) is 18.2 Å². The minimum absolute atomic E-state index is 0.221. The van der Waals surface area contributed by atoms with Gasteiger partial charge >= 0.3 is 5.69 Å². The Kier molecular flexibility index (Phi) is 4.21.